The molecule has 0 saturated carbocycles. The van der Waals surface area contributed by atoms with Crippen molar-refractivity contribution in [1.82, 2.24) is 0 Å². The van der Waals surface area contributed by atoms with Crippen LogP contribution in [0.2, 0.25) is 0 Å². The number of benzene rings is 2. The Hall–Kier alpha value is -2.34. The van der Waals surface area contributed by atoms with E-state index in [4.69, 9.17) is 0 Å². The zero-order chi connectivity index (χ0) is 18.0. The molecule has 0 amide bonds. The monoisotopic (exact) mass is 363 g/mol. The van der Waals surface area contributed by atoms with E-state index in [0.29, 0.717) is 5.69 Å². The molecule has 1 aromatic heterocycles. The van der Waals surface area contributed by atoms with Crippen LogP contribution in [0.1, 0.15) is 17.4 Å². The lowest BCUT2D eigenvalue weighted by atomic mass is 10.1. The van der Waals surface area contributed by atoms with Gasteiger partial charge in [0.2, 0.25) is 0 Å². The number of thiazole rings is 1. The molecule has 0 fully saturated rings. The Morgan fingerprint density at radius 2 is 1.76 bits per heavy atom. The number of aromatic nitrogens is 1. The highest BCUT2D eigenvalue weighted by atomic mass is 32.1. The van der Waals surface area contributed by atoms with Gasteiger partial charge in [0.15, 0.2) is 0 Å². The first-order chi connectivity index (χ1) is 11.9. The zero-order valence-electron chi connectivity index (χ0n) is 13.9. The zero-order valence-corrected chi connectivity index (χ0v) is 14.7. The summed E-state index contributed by atoms with van der Waals surface area (Å²) in [4.78, 5) is 1.11. The summed E-state index contributed by atoms with van der Waals surface area (Å²) < 4.78 is 40.8. The number of rotatable bonds is 4. The van der Waals surface area contributed by atoms with Crippen molar-refractivity contribution in [2.45, 2.75) is 26.6 Å². The SMILES string of the molecule is CC[n+]1c(Nc2cccc(C(F)(F)F)c2)sc(C)c1-c1ccccc1. The molecule has 0 radical (unpaired) electrons. The summed E-state index contributed by atoms with van der Waals surface area (Å²) in [5.74, 6) is 0. The van der Waals surface area contributed by atoms with Gasteiger partial charge in [-0.2, -0.15) is 13.2 Å². The van der Waals surface area contributed by atoms with Crippen LogP contribution in [0.4, 0.5) is 24.0 Å². The van der Waals surface area contributed by atoms with Gasteiger partial charge in [-0.05, 0) is 32.0 Å². The first-order valence-electron chi connectivity index (χ1n) is 7.93. The van der Waals surface area contributed by atoms with Crippen molar-refractivity contribution in [1.29, 1.82) is 0 Å². The van der Waals surface area contributed by atoms with Gasteiger partial charge in [-0.1, -0.05) is 47.7 Å². The molecule has 3 aromatic rings. The second-order valence-corrected chi connectivity index (χ2v) is 6.83. The second kappa shape index (κ2) is 6.88. The van der Waals surface area contributed by atoms with Crippen molar-refractivity contribution in [2.75, 3.05) is 5.32 Å². The van der Waals surface area contributed by atoms with Gasteiger partial charge in [0.25, 0.3) is 0 Å². The Kier molecular flexibility index (Phi) is 4.81. The number of hydrogen-bond acceptors (Lipinski definition) is 2. The smallest absolute Gasteiger partial charge is 0.231 e. The number of halogens is 3. The number of hydrogen-bond donors (Lipinski definition) is 1. The van der Waals surface area contributed by atoms with Crippen molar-refractivity contribution in [2.24, 2.45) is 0 Å². The maximum Gasteiger partial charge on any atom is 0.416 e. The number of aryl methyl sites for hydroxylation is 1. The summed E-state index contributed by atoms with van der Waals surface area (Å²) in [6.07, 6.45) is -4.35. The average molecular weight is 363 g/mol. The van der Waals surface area contributed by atoms with E-state index in [9.17, 15) is 13.2 Å². The Bertz CT molecular complexity index is 870. The second-order valence-electron chi connectivity index (χ2n) is 5.63. The van der Waals surface area contributed by atoms with E-state index in [1.807, 2.05) is 44.2 Å². The van der Waals surface area contributed by atoms with Crippen molar-refractivity contribution < 1.29 is 17.7 Å². The van der Waals surface area contributed by atoms with Crippen LogP contribution >= 0.6 is 11.3 Å². The third-order valence-electron chi connectivity index (χ3n) is 3.90. The van der Waals surface area contributed by atoms with E-state index in [0.717, 1.165) is 39.9 Å². The predicted molar refractivity (Wildman–Crippen MR) is 95.1 cm³/mol. The average Bonchev–Trinajstić information content (AvgIpc) is 2.90. The van der Waals surface area contributed by atoms with Crippen LogP contribution in [0, 0.1) is 6.92 Å². The molecule has 0 spiro atoms. The fourth-order valence-electron chi connectivity index (χ4n) is 2.79. The summed E-state index contributed by atoms with van der Waals surface area (Å²) >= 11 is 1.54. The van der Waals surface area contributed by atoms with E-state index in [1.165, 1.54) is 17.4 Å². The summed E-state index contributed by atoms with van der Waals surface area (Å²) in [6, 6.07) is 15.3. The fourth-order valence-corrected chi connectivity index (χ4v) is 3.90. The highest BCUT2D eigenvalue weighted by Crippen LogP contribution is 2.33. The van der Waals surface area contributed by atoms with Crippen molar-refractivity contribution >= 4 is 22.2 Å². The first-order valence-corrected chi connectivity index (χ1v) is 8.74. The third kappa shape index (κ3) is 3.69. The lowest BCUT2D eigenvalue weighted by Crippen LogP contribution is -2.35. The number of nitrogens with one attached hydrogen (secondary N) is 1. The van der Waals surface area contributed by atoms with Gasteiger partial charge in [0, 0.05) is 5.56 Å². The van der Waals surface area contributed by atoms with E-state index in [-0.39, 0.29) is 0 Å². The van der Waals surface area contributed by atoms with Gasteiger partial charge in [-0.25, -0.2) is 9.88 Å². The van der Waals surface area contributed by atoms with Crippen molar-refractivity contribution in [3.63, 3.8) is 0 Å². The Balaban J connectivity index is 2.00. The quantitative estimate of drug-likeness (QED) is 0.580. The van der Waals surface area contributed by atoms with Crippen LogP contribution in [-0.4, -0.2) is 0 Å². The van der Waals surface area contributed by atoms with Gasteiger partial charge < -0.3 is 0 Å². The molecule has 0 aliphatic heterocycles. The Morgan fingerprint density at radius 1 is 1.04 bits per heavy atom. The molecule has 3 rings (SSSR count). The van der Waals surface area contributed by atoms with E-state index in [2.05, 4.69) is 9.88 Å². The number of anilines is 2. The third-order valence-corrected chi connectivity index (χ3v) is 4.92. The topological polar surface area (TPSA) is 15.9 Å². The summed E-state index contributed by atoms with van der Waals surface area (Å²) in [5, 5.41) is 3.97. The minimum Gasteiger partial charge on any atom is -0.231 e. The molecule has 0 saturated heterocycles. The molecule has 0 aliphatic carbocycles. The molecular weight excluding hydrogens is 345 g/mol. The largest absolute Gasteiger partial charge is 0.416 e. The standard InChI is InChI=1S/C19H17F3N2S/c1-3-24-17(14-8-5-4-6-9-14)13(2)25-18(24)23-16-11-7-10-15(12-16)19(20,21)22/h4-12H,3H2,1-2H3/p+1. The molecule has 130 valence electrons. The fraction of sp³-hybridized carbons (Fsp3) is 0.211. The van der Waals surface area contributed by atoms with E-state index in [1.54, 1.807) is 6.07 Å². The lowest BCUT2D eigenvalue weighted by molar-refractivity contribution is -0.664. The van der Waals surface area contributed by atoms with Crippen LogP contribution in [-0.2, 0) is 12.7 Å². The van der Waals surface area contributed by atoms with E-state index >= 15 is 0 Å². The van der Waals surface area contributed by atoms with Crippen LogP contribution < -0.4 is 9.88 Å². The lowest BCUT2D eigenvalue weighted by Gasteiger charge is -2.08. The summed E-state index contributed by atoms with van der Waals surface area (Å²) in [6.45, 7) is 4.77. The minimum absolute atomic E-state index is 0.429. The first kappa shape index (κ1) is 17.5. The Morgan fingerprint density at radius 3 is 2.40 bits per heavy atom. The van der Waals surface area contributed by atoms with Crippen LogP contribution in [0.15, 0.2) is 54.6 Å². The van der Waals surface area contributed by atoms with Gasteiger partial charge >= 0.3 is 11.3 Å². The predicted octanol–water partition coefficient (Wildman–Crippen LogP) is 5.79. The molecule has 1 heterocycles. The maximum absolute atomic E-state index is 12.9. The normalized spacial score (nSPS) is 11.6. The van der Waals surface area contributed by atoms with Gasteiger partial charge in [-0.15, -0.1) is 0 Å². The van der Waals surface area contributed by atoms with Crippen LogP contribution in [0.5, 0.6) is 0 Å². The number of alkyl halides is 3. The summed E-state index contributed by atoms with van der Waals surface area (Å²) in [5.41, 5.74) is 1.95. The van der Waals surface area contributed by atoms with Crippen LogP contribution in [0.25, 0.3) is 11.3 Å². The molecular formula is C19H18F3N2S+. The van der Waals surface area contributed by atoms with E-state index < -0.39 is 11.7 Å². The molecule has 2 nitrogen and oxygen atoms in total. The summed E-state index contributed by atoms with van der Waals surface area (Å²) in [7, 11) is 0. The highest BCUT2D eigenvalue weighted by Gasteiger charge is 2.31. The molecule has 25 heavy (non-hydrogen) atoms. The van der Waals surface area contributed by atoms with Crippen LogP contribution in [0.3, 0.4) is 0 Å². The number of nitrogens with zero attached hydrogens (tertiary/aromatic N) is 1. The van der Waals surface area contributed by atoms with Crippen molar-refractivity contribution in [3.8, 4) is 11.3 Å². The minimum atomic E-state index is -4.35. The molecule has 0 unspecified atom stereocenters. The maximum atomic E-state index is 12.9. The Labute approximate surface area is 148 Å². The molecule has 6 heteroatoms. The molecule has 0 atom stereocenters. The van der Waals surface area contributed by atoms with Gasteiger partial charge in [-0.3, -0.25) is 0 Å². The molecule has 0 bridgehead atoms. The molecule has 1 N–H and O–H groups in total. The van der Waals surface area contributed by atoms with Crippen molar-refractivity contribution in [3.05, 3.63) is 65.0 Å². The van der Waals surface area contributed by atoms with Gasteiger partial charge in [0.05, 0.1) is 17.0 Å². The highest BCUT2D eigenvalue weighted by molar-refractivity contribution is 7.15. The molecule has 2 aromatic carbocycles. The van der Waals surface area contributed by atoms with Gasteiger partial charge in [0.1, 0.15) is 11.4 Å². The molecule has 0 aliphatic rings.